The SMILES string of the molecule is CSC1CCC(n2c(CCCl)nc3ccc(F)cc32)CC1. The minimum atomic E-state index is -0.195. The van der Waals surface area contributed by atoms with Gasteiger partial charge in [0.15, 0.2) is 0 Å². The second kappa shape index (κ2) is 6.57. The van der Waals surface area contributed by atoms with Gasteiger partial charge in [0.2, 0.25) is 0 Å². The van der Waals surface area contributed by atoms with Gasteiger partial charge in [0, 0.05) is 23.6 Å². The number of nitrogens with zero attached hydrogens (tertiary/aromatic N) is 2. The van der Waals surface area contributed by atoms with Crippen LogP contribution in [0, 0.1) is 5.82 Å². The molecule has 1 aromatic heterocycles. The lowest BCUT2D eigenvalue weighted by molar-refractivity contribution is 0.359. The molecule has 2 nitrogen and oxygen atoms in total. The van der Waals surface area contributed by atoms with Gasteiger partial charge in [-0.15, -0.1) is 11.6 Å². The number of halogens is 2. The summed E-state index contributed by atoms with van der Waals surface area (Å²) in [5.74, 6) is 1.35. The number of alkyl halides is 1. The monoisotopic (exact) mass is 326 g/mol. The highest BCUT2D eigenvalue weighted by molar-refractivity contribution is 7.99. The van der Waals surface area contributed by atoms with Crippen molar-refractivity contribution in [3.63, 3.8) is 0 Å². The highest BCUT2D eigenvalue weighted by Crippen LogP contribution is 2.36. The van der Waals surface area contributed by atoms with Gasteiger partial charge in [-0.1, -0.05) is 0 Å². The van der Waals surface area contributed by atoms with Gasteiger partial charge in [-0.05, 0) is 50.1 Å². The van der Waals surface area contributed by atoms with Gasteiger partial charge in [-0.2, -0.15) is 11.8 Å². The van der Waals surface area contributed by atoms with Crippen molar-refractivity contribution in [2.75, 3.05) is 12.1 Å². The number of imidazole rings is 1. The maximum atomic E-state index is 13.6. The van der Waals surface area contributed by atoms with Gasteiger partial charge in [0.1, 0.15) is 11.6 Å². The van der Waals surface area contributed by atoms with Crippen LogP contribution in [0.4, 0.5) is 4.39 Å². The van der Waals surface area contributed by atoms with Crippen molar-refractivity contribution in [2.45, 2.75) is 43.4 Å². The second-order valence-corrected chi connectivity index (χ2v) is 7.15. The molecular weight excluding hydrogens is 307 g/mol. The number of hydrogen-bond acceptors (Lipinski definition) is 2. The summed E-state index contributed by atoms with van der Waals surface area (Å²) in [6.07, 6.45) is 7.65. The molecule has 0 aliphatic heterocycles. The highest BCUT2D eigenvalue weighted by Gasteiger charge is 2.25. The number of aryl methyl sites for hydroxylation is 1. The van der Waals surface area contributed by atoms with E-state index >= 15 is 0 Å². The Balaban J connectivity index is 1.98. The lowest BCUT2D eigenvalue weighted by atomic mass is 9.94. The quantitative estimate of drug-likeness (QED) is 0.751. The summed E-state index contributed by atoms with van der Waals surface area (Å²) in [5, 5.41) is 0.768. The normalized spacial score (nSPS) is 22.8. The Bertz CT molecular complexity index is 620. The third-order valence-electron chi connectivity index (χ3n) is 4.38. The van der Waals surface area contributed by atoms with Crippen molar-refractivity contribution in [1.29, 1.82) is 0 Å². The molecule has 2 aromatic rings. The van der Waals surface area contributed by atoms with Crippen LogP contribution < -0.4 is 0 Å². The average molecular weight is 327 g/mol. The van der Waals surface area contributed by atoms with E-state index in [-0.39, 0.29) is 5.82 Å². The second-order valence-electron chi connectivity index (χ2n) is 5.64. The van der Waals surface area contributed by atoms with Crippen LogP contribution in [0.25, 0.3) is 11.0 Å². The first kappa shape index (κ1) is 15.2. The molecule has 0 atom stereocenters. The molecule has 21 heavy (non-hydrogen) atoms. The van der Waals surface area contributed by atoms with Crippen LogP contribution in [0.15, 0.2) is 18.2 Å². The maximum Gasteiger partial charge on any atom is 0.125 e. The first-order valence-corrected chi connectivity index (χ1v) is 9.30. The van der Waals surface area contributed by atoms with Gasteiger partial charge in [0.25, 0.3) is 0 Å². The number of fused-ring (bicyclic) bond motifs is 1. The predicted octanol–water partition coefficient (Wildman–Crippen LogP) is 4.80. The predicted molar refractivity (Wildman–Crippen MR) is 88.9 cm³/mol. The maximum absolute atomic E-state index is 13.6. The van der Waals surface area contributed by atoms with Crippen molar-refractivity contribution >= 4 is 34.4 Å². The standard InChI is InChI=1S/C16H20ClFN2S/c1-21-13-5-3-12(4-6-13)20-15-10-11(18)2-7-14(15)19-16(20)8-9-17/h2,7,10,12-13H,3-6,8-9H2,1H3. The summed E-state index contributed by atoms with van der Waals surface area (Å²) >= 11 is 7.88. The molecule has 1 fully saturated rings. The van der Waals surface area contributed by atoms with E-state index in [1.807, 2.05) is 11.8 Å². The molecule has 0 unspecified atom stereocenters. The molecule has 1 aliphatic rings. The molecule has 0 radical (unpaired) electrons. The van der Waals surface area contributed by atoms with Crippen LogP contribution in [-0.4, -0.2) is 26.9 Å². The zero-order chi connectivity index (χ0) is 14.8. The van der Waals surface area contributed by atoms with Crippen molar-refractivity contribution in [3.05, 3.63) is 29.8 Å². The zero-order valence-corrected chi connectivity index (χ0v) is 13.8. The molecule has 1 aromatic carbocycles. The highest BCUT2D eigenvalue weighted by atomic mass is 35.5. The first-order valence-electron chi connectivity index (χ1n) is 7.48. The van der Waals surface area contributed by atoms with E-state index in [0.29, 0.717) is 11.9 Å². The number of benzene rings is 1. The van der Waals surface area contributed by atoms with Crippen molar-refractivity contribution in [3.8, 4) is 0 Å². The molecule has 3 rings (SSSR count). The van der Waals surface area contributed by atoms with Crippen LogP contribution in [0.1, 0.15) is 37.5 Å². The largest absolute Gasteiger partial charge is 0.325 e. The number of aromatic nitrogens is 2. The zero-order valence-electron chi connectivity index (χ0n) is 12.2. The van der Waals surface area contributed by atoms with Crippen LogP contribution in [0.3, 0.4) is 0 Å². The summed E-state index contributed by atoms with van der Waals surface area (Å²) < 4.78 is 15.9. The summed E-state index contributed by atoms with van der Waals surface area (Å²) in [5.41, 5.74) is 1.80. The smallest absolute Gasteiger partial charge is 0.125 e. The van der Waals surface area contributed by atoms with Gasteiger partial charge >= 0.3 is 0 Å². The molecule has 1 saturated carbocycles. The Morgan fingerprint density at radius 1 is 1.33 bits per heavy atom. The summed E-state index contributed by atoms with van der Waals surface area (Å²) in [6.45, 7) is 0. The molecule has 1 heterocycles. The molecular formula is C16H20ClFN2S. The van der Waals surface area contributed by atoms with Gasteiger partial charge in [0.05, 0.1) is 11.0 Å². The molecule has 0 saturated heterocycles. The third-order valence-corrected chi connectivity index (χ3v) is 5.71. The lowest BCUT2D eigenvalue weighted by Crippen LogP contribution is -2.21. The molecule has 1 aliphatic carbocycles. The molecule has 0 bridgehead atoms. The van der Waals surface area contributed by atoms with E-state index in [2.05, 4.69) is 15.8 Å². The minimum absolute atomic E-state index is 0.195. The Hall–Kier alpha value is -0.740. The third kappa shape index (κ3) is 3.07. The van der Waals surface area contributed by atoms with Crippen LogP contribution >= 0.6 is 23.4 Å². The van der Waals surface area contributed by atoms with Crippen LogP contribution in [0.2, 0.25) is 0 Å². The van der Waals surface area contributed by atoms with E-state index in [1.54, 1.807) is 12.1 Å². The van der Waals surface area contributed by atoms with Gasteiger partial charge in [-0.3, -0.25) is 0 Å². The molecule has 0 spiro atoms. The Labute approximate surface area is 134 Å². The summed E-state index contributed by atoms with van der Waals surface area (Å²) in [7, 11) is 0. The Morgan fingerprint density at radius 3 is 2.76 bits per heavy atom. The van der Waals surface area contributed by atoms with Crippen molar-refractivity contribution in [1.82, 2.24) is 9.55 Å². The lowest BCUT2D eigenvalue weighted by Gasteiger charge is -2.30. The molecule has 0 N–H and O–H groups in total. The molecule has 114 valence electrons. The number of hydrogen-bond donors (Lipinski definition) is 0. The topological polar surface area (TPSA) is 17.8 Å². The number of thioether (sulfide) groups is 1. The fourth-order valence-electron chi connectivity index (χ4n) is 3.32. The van der Waals surface area contributed by atoms with Crippen LogP contribution in [0.5, 0.6) is 0 Å². The molecule has 0 amide bonds. The molecule has 5 heteroatoms. The fourth-order valence-corrected chi connectivity index (χ4v) is 4.24. The van der Waals surface area contributed by atoms with Crippen molar-refractivity contribution in [2.24, 2.45) is 0 Å². The van der Waals surface area contributed by atoms with E-state index < -0.39 is 0 Å². The van der Waals surface area contributed by atoms with E-state index in [9.17, 15) is 4.39 Å². The van der Waals surface area contributed by atoms with Crippen LogP contribution in [-0.2, 0) is 6.42 Å². The summed E-state index contributed by atoms with van der Waals surface area (Å²) in [4.78, 5) is 4.66. The fraction of sp³-hybridized carbons (Fsp3) is 0.562. The first-order chi connectivity index (χ1) is 10.2. The van der Waals surface area contributed by atoms with E-state index in [4.69, 9.17) is 11.6 Å². The minimum Gasteiger partial charge on any atom is -0.325 e. The average Bonchev–Trinajstić information content (AvgIpc) is 2.85. The van der Waals surface area contributed by atoms with E-state index in [1.165, 1.54) is 18.9 Å². The Kier molecular flexibility index (Phi) is 4.75. The van der Waals surface area contributed by atoms with Gasteiger partial charge < -0.3 is 4.57 Å². The van der Waals surface area contributed by atoms with Gasteiger partial charge in [-0.25, -0.2) is 9.37 Å². The van der Waals surface area contributed by atoms with E-state index in [0.717, 1.165) is 41.4 Å². The Morgan fingerprint density at radius 2 is 2.10 bits per heavy atom. The summed E-state index contributed by atoms with van der Waals surface area (Å²) in [6, 6.07) is 5.29. The van der Waals surface area contributed by atoms with Crippen molar-refractivity contribution < 1.29 is 4.39 Å². The number of rotatable bonds is 4.